The van der Waals surface area contributed by atoms with Crippen LogP contribution in [-0.4, -0.2) is 16.7 Å². The van der Waals surface area contributed by atoms with E-state index < -0.39 is 17.9 Å². The van der Waals surface area contributed by atoms with Crippen molar-refractivity contribution >= 4 is 11.8 Å². The molecule has 0 aromatic carbocycles. The van der Waals surface area contributed by atoms with Crippen LogP contribution < -0.4 is 5.73 Å². The summed E-state index contributed by atoms with van der Waals surface area (Å²) in [6, 6.07) is 3.26. The minimum absolute atomic E-state index is 0.174. The van der Waals surface area contributed by atoms with Crippen LogP contribution in [0.25, 0.3) is 0 Å². The summed E-state index contributed by atoms with van der Waals surface area (Å²) in [5, 5.41) is 0. The Morgan fingerprint density at radius 2 is 2.12 bits per heavy atom. The fourth-order valence-electron chi connectivity index (χ4n) is 1.48. The molecule has 88 valence electrons. The van der Waals surface area contributed by atoms with Gasteiger partial charge in [0.05, 0.1) is 0 Å². The van der Waals surface area contributed by atoms with Crippen LogP contribution in [0.1, 0.15) is 18.6 Å². The van der Waals surface area contributed by atoms with Gasteiger partial charge in [0.25, 0.3) is 0 Å². The highest BCUT2D eigenvalue weighted by molar-refractivity contribution is 6.01. The van der Waals surface area contributed by atoms with Gasteiger partial charge >= 0.3 is 5.97 Å². The molecule has 1 aliphatic heterocycles. The Balaban J connectivity index is 2.24. The Bertz CT molecular complexity index is 495. The predicted molar refractivity (Wildman–Crippen MR) is 56.0 cm³/mol. The van der Waals surface area contributed by atoms with Gasteiger partial charge in [0.1, 0.15) is 0 Å². The third-order valence-electron chi connectivity index (χ3n) is 2.19. The van der Waals surface area contributed by atoms with E-state index in [1.54, 1.807) is 12.1 Å². The topological polar surface area (TPSA) is 91.5 Å². The number of aromatic nitrogens is 1. The molecule has 0 radical (unpaired) electrons. The molecule has 0 saturated carbocycles. The molecule has 17 heavy (non-hydrogen) atoms. The summed E-state index contributed by atoms with van der Waals surface area (Å²) in [6.45, 7) is 1.19. The van der Waals surface area contributed by atoms with Gasteiger partial charge in [-0.3, -0.25) is 14.6 Å². The maximum absolute atomic E-state index is 11.9. The number of rotatable bonds is 2. The van der Waals surface area contributed by atoms with E-state index in [1.807, 2.05) is 0 Å². The number of carbonyl (C=O) groups is 2. The second-order valence-corrected chi connectivity index (χ2v) is 3.43. The Kier molecular flexibility index (Phi) is 2.78. The Morgan fingerprint density at radius 3 is 2.71 bits per heavy atom. The number of carbonyl (C=O) groups excluding carboxylic acids is 2. The number of ketones is 1. The molecule has 1 unspecified atom stereocenters. The summed E-state index contributed by atoms with van der Waals surface area (Å²) in [5.41, 5.74) is 6.10. The van der Waals surface area contributed by atoms with Gasteiger partial charge in [0.15, 0.2) is 6.10 Å². The summed E-state index contributed by atoms with van der Waals surface area (Å²) in [7, 11) is 0. The lowest BCUT2D eigenvalue weighted by Crippen LogP contribution is -2.13. The highest BCUT2D eigenvalue weighted by atomic mass is 16.6. The number of esters is 1. The lowest BCUT2D eigenvalue weighted by atomic mass is 10.1. The van der Waals surface area contributed by atoms with E-state index in [1.165, 1.54) is 19.3 Å². The van der Waals surface area contributed by atoms with Gasteiger partial charge in [0.2, 0.25) is 17.4 Å². The molecule has 1 aromatic rings. The van der Waals surface area contributed by atoms with Crippen LogP contribution in [0.3, 0.4) is 0 Å². The van der Waals surface area contributed by atoms with Crippen molar-refractivity contribution in [3.05, 3.63) is 41.7 Å². The maximum atomic E-state index is 11.9. The van der Waals surface area contributed by atoms with Crippen molar-refractivity contribution in [3.8, 4) is 0 Å². The molecule has 2 N–H and O–H groups in total. The fourth-order valence-corrected chi connectivity index (χ4v) is 1.48. The van der Waals surface area contributed by atoms with Crippen molar-refractivity contribution < 1.29 is 19.1 Å². The lowest BCUT2D eigenvalue weighted by molar-refractivity contribution is -0.140. The molecule has 1 aromatic heterocycles. The summed E-state index contributed by atoms with van der Waals surface area (Å²) < 4.78 is 9.89. The van der Waals surface area contributed by atoms with E-state index in [0.717, 1.165) is 0 Å². The number of pyridine rings is 1. The van der Waals surface area contributed by atoms with Crippen molar-refractivity contribution in [1.82, 2.24) is 4.98 Å². The second-order valence-electron chi connectivity index (χ2n) is 3.43. The summed E-state index contributed by atoms with van der Waals surface area (Å²) in [6.07, 6.45) is 2.20. The molecule has 0 bridgehead atoms. The largest absolute Gasteiger partial charge is 0.460 e. The van der Waals surface area contributed by atoms with Crippen LogP contribution in [0.5, 0.6) is 0 Å². The van der Waals surface area contributed by atoms with E-state index in [-0.39, 0.29) is 11.6 Å². The van der Waals surface area contributed by atoms with E-state index in [9.17, 15) is 9.59 Å². The van der Waals surface area contributed by atoms with Gasteiger partial charge in [-0.05, 0) is 12.1 Å². The van der Waals surface area contributed by atoms with Crippen LogP contribution in [0.2, 0.25) is 0 Å². The zero-order valence-electron chi connectivity index (χ0n) is 9.04. The maximum Gasteiger partial charge on any atom is 0.308 e. The van der Waals surface area contributed by atoms with Crippen LogP contribution in [0.4, 0.5) is 0 Å². The Morgan fingerprint density at radius 1 is 1.47 bits per heavy atom. The van der Waals surface area contributed by atoms with E-state index in [0.29, 0.717) is 5.56 Å². The van der Waals surface area contributed by atoms with Gasteiger partial charge in [-0.2, -0.15) is 0 Å². The highest BCUT2D eigenvalue weighted by Gasteiger charge is 2.37. The molecular weight excluding hydrogens is 224 g/mol. The second kappa shape index (κ2) is 4.25. The minimum atomic E-state index is -0.868. The monoisotopic (exact) mass is 234 g/mol. The molecule has 6 nitrogen and oxygen atoms in total. The highest BCUT2D eigenvalue weighted by Crippen LogP contribution is 2.30. The third-order valence-corrected chi connectivity index (χ3v) is 2.19. The first-order chi connectivity index (χ1) is 8.09. The Labute approximate surface area is 97.0 Å². The van der Waals surface area contributed by atoms with Crippen LogP contribution in [-0.2, 0) is 19.1 Å². The summed E-state index contributed by atoms with van der Waals surface area (Å²) in [5.74, 6) is -1.49. The molecule has 0 fully saturated rings. The van der Waals surface area contributed by atoms with Gasteiger partial charge in [-0.1, -0.05) is 0 Å². The van der Waals surface area contributed by atoms with Gasteiger partial charge < -0.3 is 15.2 Å². The third kappa shape index (κ3) is 2.10. The smallest absolute Gasteiger partial charge is 0.308 e. The van der Waals surface area contributed by atoms with Crippen molar-refractivity contribution in [1.29, 1.82) is 0 Å². The molecule has 1 atom stereocenters. The number of nitrogens with zero attached hydrogens (tertiary/aromatic N) is 1. The average Bonchev–Trinajstić information content (AvgIpc) is 2.58. The van der Waals surface area contributed by atoms with Crippen LogP contribution in [0, 0.1) is 0 Å². The van der Waals surface area contributed by atoms with Crippen LogP contribution in [0.15, 0.2) is 36.2 Å². The number of nitrogens with two attached hydrogens (primary N) is 1. The molecule has 2 rings (SSSR count). The average molecular weight is 234 g/mol. The molecule has 6 heteroatoms. The molecule has 0 amide bonds. The summed E-state index contributed by atoms with van der Waals surface area (Å²) in [4.78, 5) is 26.5. The normalized spacial score (nSPS) is 19.1. The van der Waals surface area contributed by atoms with E-state index in [2.05, 4.69) is 4.98 Å². The van der Waals surface area contributed by atoms with Gasteiger partial charge in [-0.15, -0.1) is 0 Å². The molecule has 0 spiro atoms. The molecule has 0 saturated heterocycles. The lowest BCUT2D eigenvalue weighted by Gasteiger charge is -2.08. The SMILES string of the molecule is CC(=O)OC1=C(N)OC(c2ccncc2)C1=O. The first-order valence-corrected chi connectivity index (χ1v) is 4.88. The van der Waals surface area contributed by atoms with Gasteiger partial charge in [-0.25, -0.2) is 0 Å². The Hall–Kier alpha value is -2.37. The predicted octanol–water partition coefficient (Wildman–Crippen LogP) is 0.413. The number of hydrogen-bond donors (Lipinski definition) is 1. The van der Waals surface area contributed by atoms with Crippen molar-refractivity contribution in [2.75, 3.05) is 0 Å². The molecule has 2 heterocycles. The molecule has 1 aliphatic rings. The summed E-state index contributed by atoms with van der Waals surface area (Å²) >= 11 is 0. The quantitative estimate of drug-likeness (QED) is 0.745. The number of hydrogen-bond acceptors (Lipinski definition) is 6. The van der Waals surface area contributed by atoms with E-state index >= 15 is 0 Å². The first-order valence-electron chi connectivity index (χ1n) is 4.88. The van der Waals surface area contributed by atoms with Crippen molar-refractivity contribution in [3.63, 3.8) is 0 Å². The van der Waals surface area contributed by atoms with Crippen molar-refractivity contribution in [2.24, 2.45) is 5.73 Å². The molecular formula is C11H10N2O4. The van der Waals surface area contributed by atoms with Gasteiger partial charge in [0, 0.05) is 24.9 Å². The molecule has 0 aliphatic carbocycles. The first kappa shape index (κ1) is 11.1. The standard InChI is InChI=1S/C11H10N2O4/c1-6(14)16-10-8(15)9(17-11(10)12)7-2-4-13-5-3-7/h2-5,9H,12H2,1H3. The number of Topliss-reactive ketones (excluding diaryl/α,β-unsaturated/α-hetero) is 1. The zero-order chi connectivity index (χ0) is 12.4. The van der Waals surface area contributed by atoms with Crippen LogP contribution >= 0.6 is 0 Å². The van der Waals surface area contributed by atoms with Crippen molar-refractivity contribution in [2.45, 2.75) is 13.0 Å². The fraction of sp³-hybridized carbons (Fsp3) is 0.182. The minimum Gasteiger partial charge on any atom is -0.460 e. The number of ether oxygens (including phenoxy) is 2. The van der Waals surface area contributed by atoms with E-state index in [4.69, 9.17) is 15.2 Å². The zero-order valence-corrected chi connectivity index (χ0v) is 9.04.